The molecular weight excluding hydrogens is 640 g/mol. The van der Waals surface area contributed by atoms with Gasteiger partial charge < -0.3 is 38.1 Å². The van der Waals surface area contributed by atoms with Crippen molar-refractivity contribution >= 4 is 35.8 Å². The van der Waals surface area contributed by atoms with Crippen LogP contribution in [0, 0.1) is 20.2 Å². The smallest absolute Gasteiger partial charge is 0.349 e. The lowest BCUT2D eigenvalue weighted by atomic mass is 10.2. The minimum absolute atomic E-state index is 0.0480. The lowest BCUT2D eigenvalue weighted by Crippen LogP contribution is -2.33. The van der Waals surface area contributed by atoms with Gasteiger partial charge in [-0.25, -0.2) is 24.0 Å². The normalized spacial score (nSPS) is 11.5. The largest absolute Gasteiger partial charge is 0.463 e. The molecule has 0 amide bonds. The van der Waals surface area contributed by atoms with Gasteiger partial charge in [0.15, 0.2) is 25.4 Å². The average Bonchev–Trinajstić information content (AvgIpc) is 3.01. The van der Waals surface area contributed by atoms with Gasteiger partial charge in [0.2, 0.25) is 0 Å². The lowest BCUT2D eigenvalue weighted by molar-refractivity contribution is -0.757. The maximum Gasteiger partial charge on any atom is 0.349 e. The van der Waals surface area contributed by atoms with E-state index in [-0.39, 0.29) is 44.0 Å². The first-order valence-electron chi connectivity index (χ1n) is 14.0. The second-order valence-corrected chi connectivity index (χ2v) is 9.22. The summed E-state index contributed by atoms with van der Waals surface area (Å²) in [6.45, 7) is 0.357. The van der Waals surface area contributed by atoms with Crippen LogP contribution in [0.3, 0.4) is 0 Å². The standard InChI is InChI=1S/C27H34N2O18/c1-18(25(33)40-14-8-9-15-43-28(36)37)46-26(34)19(2)45-22(30)12-4-3-7-13-41-27(35)20-10-5-6-11-21(20)47-24(32)16-42-23(31)17-44-29(38)39/h5-6,10-11,18-19H,3-4,7-9,12-17H2,1-2H3. The zero-order chi connectivity index (χ0) is 35.2. The Morgan fingerprint density at radius 2 is 1.28 bits per heavy atom. The Kier molecular flexibility index (Phi) is 18.5. The maximum absolute atomic E-state index is 12.5. The van der Waals surface area contributed by atoms with E-state index in [0.717, 1.165) is 0 Å². The molecule has 1 aromatic rings. The molecule has 1 rings (SSSR count). The number of benzene rings is 1. The lowest BCUT2D eigenvalue weighted by Gasteiger charge is -2.16. The molecule has 2 unspecified atom stereocenters. The molecule has 1 aromatic carbocycles. The van der Waals surface area contributed by atoms with Crippen molar-refractivity contribution in [3.63, 3.8) is 0 Å². The summed E-state index contributed by atoms with van der Waals surface area (Å²) in [5, 5.41) is 18.0. The molecule has 0 aliphatic rings. The topological polar surface area (TPSA) is 263 Å². The van der Waals surface area contributed by atoms with E-state index in [1.807, 2.05) is 0 Å². The molecule has 0 spiro atoms. The number of rotatable bonds is 23. The molecular formula is C27H34N2O18. The van der Waals surface area contributed by atoms with Crippen molar-refractivity contribution in [1.82, 2.24) is 0 Å². The van der Waals surface area contributed by atoms with Crippen LogP contribution < -0.4 is 4.74 Å². The van der Waals surface area contributed by atoms with Gasteiger partial charge in [-0.1, -0.05) is 12.1 Å². The number of hydrogen-bond acceptors (Lipinski definition) is 18. The molecule has 20 heteroatoms. The van der Waals surface area contributed by atoms with Crippen molar-refractivity contribution in [2.45, 2.75) is 64.6 Å². The van der Waals surface area contributed by atoms with Gasteiger partial charge in [-0.2, -0.15) is 0 Å². The fourth-order valence-electron chi connectivity index (χ4n) is 3.21. The first-order valence-corrected chi connectivity index (χ1v) is 14.0. The Labute approximate surface area is 266 Å². The Hall–Kier alpha value is -5.56. The third kappa shape index (κ3) is 18.1. The fourth-order valence-corrected chi connectivity index (χ4v) is 3.21. The zero-order valence-corrected chi connectivity index (χ0v) is 25.5. The van der Waals surface area contributed by atoms with Gasteiger partial charge in [0.25, 0.3) is 10.2 Å². The van der Waals surface area contributed by atoms with Crippen LogP contribution in [0.2, 0.25) is 0 Å². The Morgan fingerprint density at radius 3 is 1.98 bits per heavy atom. The van der Waals surface area contributed by atoms with Crippen molar-refractivity contribution < 1.29 is 77.0 Å². The SMILES string of the molecule is CC(OC(=O)CCCCCOC(=O)c1ccccc1OC(=O)COC(=O)CO[N+](=O)[O-])C(=O)OC(C)C(=O)OCCCCO[N+](=O)[O-]. The van der Waals surface area contributed by atoms with Crippen LogP contribution in [0.5, 0.6) is 5.75 Å². The number of nitrogens with zero attached hydrogens (tertiary/aromatic N) is 2. The summed E-state index contributed by atoms with van der Waals surface area (Å²) in [7, 11) is 0. The van der Waals surface area contributed by atoms with E-state index in [1.54, 1.807) is 0 Å². The van der Waals surface area contributed by atoms with Crippen molar-refractivity contribution in [1.29, 1.82) is 0 Å². The third-order valence-corrected chi connectivity index (χ3v) is 5.47. The van der Waals surface area contributed by atoms with Crippen molar-refractivity contribution in [3.8, 4) is 5.75 Å². The summed E-state index contributed by atoms with van der Waals surface area (Å²) in [6, 6.07) is 5.58. The zero-order valence-electron chi connectivity index (χ0n) is 25.5. The van der Waals surface area contributed by atoms with Gasteiger partial charge in [0, 0.05) is 6.42 Å². The van der Waals surface area contributed by atoms with E-state index < -0.39 is 71.4 Å². The molecule has 0 fully saturated rings. The van der Waals surface area contributed by atoms with Gasteiger partial charge in [-0.3, -0.25) is 4.79 Å². The molecule has 0 aromatic heterocycles. The van der Waals surface area contributed by atoms with Gasteiger partial charge in [-0.15, -0.1) is 20.2 Å². The maximum atomic E-state index is 12.5. The first kappa shape index (κ1) is 39.5. The number of carbonyl (C=O) groups excluding carboxylic acids is 6. The van der Waals surface area contributed by atoms with E-state index in [0.29, 0.717) is 25.7 Å². The summed E-state index contributed by atoms with van der Waals surface area (Å²) in [6.07, 6.45) is -0.978. The second kappa shape index (κ2) is 22.0. The molecule has 20 nitrogen and oxygen atoms in total. The molecule has 0 bridgehead atoms. The molecule has 260 valence electrons. The number of carbonyl (C=O) groups is 6. The number of esters is 6. The molecule has 0 saturated carbocycles. The number of ether oxygens (including phenoxy) is 6. The van der Waals surface area contributed by atoms with Crippen LogP contribution in [0.1, 0.15) is 62.7 Å². The predicted molar refractivity (Wildman–Crippen MR) is 149 cm³/mol. The Balaban J connectivity index is 2.29. The van der Waals surface area contributed by atoms with Gasteiger partial charge in [0.05, 0.1) is 19.8 Å². The Morgan fingerprint density at radius 1 is 0.660 bits per heavy atom. The highest BCUT2D eigenvalue weighted by Gasteiger charge is 2.25. The van der Waals surface area contributed by atoms with E-state index in [2.05, 4.69) is 14.4 Å². The van der Waals surface area contributed by atoms with Gasteiger partial charge in [0.1, 0.15) is 11.3 Å². The molecule has 0 N–H and O–H groups in total. The predicted octanol–water partition coefficient (Wildman–Crippen LogP) is 1.46. The molecule has 47 heavy (non-hydrogen) atoms. The summed E-state index contributed by atoms with van der Waals surface area (Å²) in [4.78, 5) is 99.9. The summed E-state index contributed by atoms with van der Waals surface area (Å²) in [5.74, 6) is -5.78. The van der Waals surface area contributed by atoms with Crippen LogP contribution >= 0.6 is 0 Å². The number of para-hydroxylation sites is 1. The number of hydrogen-bond donors (Lipinski definition) is 0. The van der Waals surface area contributed by atoms with Crippen molar-refractivity contribution in [3.05, 3.63) is 50.1 Å². The van der Waals surface area contributed by atoms with Crippen LogP contribution in [0.15, 0.2) is 24.3 Å². The summed E-state index contributed by atoms with van der Waals surface area (Å²) >= 11 is 0. The molecule has 0 aliphatic heterocycles. The van der Waals surface area contributed by atoms with Crippen LogP contribution in [0.25, 0.3) is 0 Å². The molecule has 0 aliphatic carbocycles. The quantitative estimate of drug-likeness (QED) is 0.0397. The van der Waals surface area contributed by atoms with Crippen molar-refractivity contribution in [2.24, 2.45) is 0 Å². The van der Waals surface area contributed by atoms with Crippen molar-refractivity contribution in [2.75, 3.05) is 33.0 Å². The monoisotopic (exact) mass is 674 g/mol. The highest BCUT2D eigenvalue weighted by molar-refractivity contribution is 5.93. The highest BCUT2D eigenvalue weighted by Crippen LogP contribution is 2.19. The minimum atomic E-state index is -1.30. The van der Waals surface area contributed by atoms with E-state index in [9.17, 15) is 49.0 Å². The molecule has 0 saturated heterocycles. The first-order chi connectivity index (χ1) is 22.3. The fraction of sp³-hybridized carbons (Fsp3) is 0.556. The van der Waals surface area contributed by atoms with Crippen LogP contribution in [-0.4, -0.2) is 91.2 Å². The second-order valence-electron chi connectivity index (χ2n) is 9.22. The Bertz CT molecular complexity index is 1250. The average molecular weight is 675 g/mol. The van der Waals surface area contributed by atoms with E-state index in [1.165, 1.54) is 38.1 Å². The van der Waals surface area contributed by atoms with E-state index >= 15 is 0 Å². The molecule has 0 radical (unpaired) electrons. The minimum Gasteiger partial charge on any atom is -0.463 e. The van der Waals surface area contributed by atoms with Gasteiger partial charge in [-0.05, 0) is 58.1 Å². The van der Waals surface area contributed by atoms with Crippen LogP contribution in [-0.2, 0) is 57.3 Å². The summed E-state index contributed by atoms with van der Waals surface area (Å²) in [5.41, 5.74) is -0.101. The van der Waals surface area contributed by atoms with Gasteiger partial charge >= 0.3 is 35.8 Å². The molecule has 2 atom stereocenters. The summed E-state index contributed by atoms with van der Waals surface area (Å²) < 4.78 is 29.5. The number of unbranched alkanes of at least 4 members (excludes halogenated alkanes) is 3. The third-order valence-electron chi connectivity index (χ3n) is 5.47. The van der Waals surface area contributed by atoms with Crippen LogP contribution in [0.4, 0.5) is 0 Å². The highest BCUT2D eigenvalue weighted by atomic mass is 17.0. The van der Waals surface area contributed by atoms with E-state index in [4.69, 9.17) is 23.7 Å². The molecule has 0 heterocycles.